The van der Waals surface area contributed by atoms with Crippen molar-refractivity contribution in [1.29, 1.82) is 0 Å². The van der Waals surface area contributed by atoms with E-state index >= 15 is 0 Å². The molecule has 0 aromatic rings. The Bertz CT molecular complexity index is 279. The van der Waals surface area contributed by atoms with Crippen LogP contribution in [0.25, 0.3) is 0 Å². The molecule has 0 radical (unpaired) electrons. The number of methoxy groups -OCH3 is 1. The summed E-state index contributed by atoms with van der Waals surface area (Å²) in [6.45, 7) is 2.24. The average molecular weight is 294 g/mol. The quantitative estimate of drug-likeness (QED) is 0.224. The van der Waals surface area contributed by atoms with Gasteiger partial charge in [-0.2, -0.15) is 0 Å². The van der Waals surface area contributed by atoms with E-state index < -0.39 is 0 Å². The fourth-order valence-electron chi connectivity index (χ4n) is 2.18. The molecule has 0 rings (SSSR count). The molecule has 0 aliphatic heterocycles. The van der Waals surface area contributed by atoms with Crippen molar-refractivity contribution in [3.05, 3.63) is 24.3 Å². The molecule has 0 N–H and O–H groups in total. The molecule has 0 amide bonds. The Balaban J connectivity index is 3.20. The van der Waals surface area contributed by atoms with E-state index in [1.807, 2.05) is 0 Å². The summed E-state index contributed by atoms with van der Waals surface area (Å²) < 4.78 is 4.62. The fraction of sp³-hybridized carbons (Fsp3) is 0.737. The van der Waals surface area contributed by atoms with Gasteiger partial charge in [0.1, 0.15) is 0 Å². The Morgan fingerprint density at radius 2 is 1.38 bits per heavy atom. The third-order valence-corrected chi connectivity index (χ3v) is 3.56. The minimum Gasteiger partial charge on any atom is -0.469 e. The number of hydrogen-bond acceptors (Lipinski definition) is 2. The van der Waals surface area contributed by atoms with Crippen molar-refractivity contribution >= 4 is 5.97 Å². The van der Waals surface area contributed by atoms with Gasteiger partial charge in [0.15, 0.2) is 0 Å². The number of allylic oxidation sites excluding steroid dienone is 4. The van der Waals surface area contributed by atoms with E-state index in [9.17, 15) is 4.79 Å². The molecule has 0 aliphatic carbocycles. The lowest BCUT2D eigenvalue weighted by Crippen LogP contribution is -1.98. The van der Waals surface area contributed by atoms with Crippen LogP contribution in [0.15, 0.2) is 24.3 Å². The van der Waals surface area contributed by atoms with Crippen LogP contribution in [0.4, 0.5) is 0 Å². The average Bonchev–Trinajstić information content (AvgIpc) is 2.50. The summed E-state index contributed by atoms with van der Waals surface area (Å²) in [5.74, 6) is -0.0827. The smallest absolute Gasteiger partial charge is 0.305 e. The molecule has 0 spiro atoms. The van der Waals surface area contributed by atoms with Crippen molar-refractivity contribution in [2.45, 2.75) is 84.0 Å². The van der Waals surface area contributed by atoms with Crippen LogP contribution in [0.1, 0.15) is 84.0 Å². The van der Waals surface area contributed by atoms with Gasteiger partial charge in [0, 0.05) is 6.42 Å². The van der Waals surface area contributed by atoms with Gasteiger partial charge in [-0.25, -0.2) is 0 Å². The van der Waals surface area contributed by atoms with E-state index in [2.05, 4.69) is 36.0 Å². The maximum absolute atomic E-state index is 10.9. The zero-order chi connectivity index (χ0) is 15.6. The highest BCUT2D eigenvalue weighted by atomic mass is 16.5. The predicted octanol–water partition coefficient (Wildman–Crippen LogP) is 5.97. The number of rotatable bonds is 14. The predicted molar refractivity (Wildman–Crippen MR) is 91.4 cm³/mol. The monoisotopic (exact) mass is 294 g/mol. The maximum Gasteiger partial charge on any atom is 0.305 e. The number of ether oxygens (including phenoxy) is 1. The van der Waals surface area contributed by atoms with Gasteiger partial charge in [-0.1, -0.05) is 63.3 Å². The Hall–Kier alpha value is -1.05. The molecule has 2 heteroatoms. The molecule has 21 heavy (non-hydrogen) atoms. The molecule has 0 atom stereocenters. The molecule has 0 heterocycles. The normalized spacial score (nSPS) is 11.5. The first-order valence-corrected chi connectivity index (χ1v) is 8.68. The standard InChI is InChI=1S/C19H34O2/c1-3-4-5-6-7-8-9-10-11-12-13-14-15-16-17-18-19(20)21-2/h7-8,10-11H,3-6,9,12-18H2,1-2H3. The van der Waals surface area contributed by atoms with Crippen molar-refractivity contribution in [2.75, 3.05) is 7.11 Å². The highest BCUT2D eigenvalue weighted by Gasteiger charge is 1.98. The molecule has 0 bridgehead atoms. The van der Waals surface area contributed by atoms with Crippen LogP contribution in [0, 0.1) is 0 Å². The van der Waals surface area contributed by atoms with E-state index in [4.69, 9.17) is 0 Å². The Morgan fingerprint density at radius 3 is 2.00 bits per heavy atom. The van der Waals surface area contributed by atoms with Gasteiger partial charge in [0.05, 0.1) is 7.11 Å². The number of carbonyl (C=O) groups is 1. The maximum atomic E-state index is 10.9. The molecule has 122 valence electrons. The third-order valence-electron chi connectivity index (χ3n) is 3.56. The second-order valence-electron chi connectivity index (χ2n) is 5.56. The van der Waals surface area contributed by atoms with Crippen LogP contribution in [-0.2, 0) is 9.53 Å². The first-order valence-electron chi connectivity index (χ1n) is 8.68. The summed E-state index contributed by atoms with van der Waals surface area (Å²) in [7, 11) is 1.45. The Labute approximate surface area is 131 Å². The molecule has 0 saturated heterocycles. The minimum absolute atomic E-state index is 0.0827. The largest absolute Gasteiger partial charge is 0.469 e. The van der Waals surface area contributed by atoms with Crippen LogP contribution >= 0.6 is 0 Å². The fourth-order valence-corrected chi connectivity index (χ4v) is 2.18. The van der Waals surface area contributed by atoms with Gasteiger partial charge in [0.2, 0.25) is 0 Å². The van der Waals surface area contributed by atoms with Gasteiger partial charge in [-0.3, -0.25) is 4.79 Å². The number of hydrogen-bond donors (Lipinski definition) is 0. The van der Waals surface area contributed by atoms with Crippen molar-refractivity contribution in [3.63, 3.8) is 0 Å². The van der Waals surface area contributed by atoms with Crippen molar-refractivity contribution in [2.24, 2.45) is 0 Å². The van der Waals surface area contributed by atoms with E-state index in [-0.39, 0.29) is 5.97 Å². The van der Waals surface area contributed by atoms with Crippen LogP contribution in [0.5, 0.6) is 0 Å². The Morgan fingerprint density at radius 1 is 0.810 bits per heavy atom. The summed E-state index contributed by atoms with van der Waals surface area (Å²) in [4.78, 5) is 10.9. The van der Waals surface area contributed by atoms with Gasteiger partial charge in [-0.05, 0) is 38.5 Å². The summed E-state index contributed by atoms with van der Waals surface area (Å²) in [5.41, 5.74) is 0. The van der Waals surface area contributed by atoms with Crippen LogP contribution in [0.2, 0.25) is 0 Å². The van der Waals surface area contributed by atoms with Gasteiger partial charge < -0.3 is 4.74 Å². The van der Waals surface area contributed by atoms with Crippen molar-refractivity contribution in [3.8, 4) is 0 Å². The second kappa shape index (κ2) is 17.0. The molecule has 0 aliphatic rings. The van der Waals surface area contributed by atoms with Gasteiger partial charge in [-0.15, -0.1) is 0 Å². The molecule has 0 aromatic heterocycles. The summed E-state index contributed by atoms with van der Waals surface area (Å²) in [6.07, 6.45) is 23.0. The molecular formula is C19H34O2. The first kappa shape index (κ1) is 19.9. The van der Waals surface area contributed by atoms with E-state index in [0.717, 1.165) is 19.3 Å². The van der Waals surface area contributed by atoms with Crippen molar-refractivity contribution in [1.82, 2.24) is 0 Å². The topological polar surface area (TPSA) is 26.3 Å². The molecule has 0 saturated carbocycles. The summed E-state index contributed by atoms with van der Waals surface area (Å²) in [6, 6.07) is 0. The Kier molecular flexibility index (Phi) is 16.2. The third kappa shape index (κ3) is 16.9. The lowest BCUT2D eigenvalue weighted by Gasteiger charge is -1.99. The molecule has 0 unspecified atom stereocenters. The minimum atomic E-state index is -0.0827. The number of unbranched alkanes of at least 4 members (excludes halogenated alkanes) is 8. The lowest BCUT2D eigenvalue weighted by atomic mass is 10.1. The van der Waals surface area contributed by atoms with E-state index in [1.54, 1.807) is 0 Å². The first-order chi connectivity index (χ1) is 10.3. The van der Waals surface area contributed by atoms with Crippen LogP contribution in [0.3, 0.4) is 0 Å². The molecule has 0 aromatic carbocycles. The van der Waals surface area contributed by atoms with Gasteiger partial charge >= 0.3 is 5.97 Å². The number of esters is 1. The number of carbonyl (C=O) groups excluding carboxylic acids is 1. The summed E-state index contributed by atoms with van der Waals surface area (Å²) in [5, 5.41) is 0. The summed E-state index contributed by atoms with van der Waals surface area (Å²) >= 11 is 0. The van der Waals surface area contributed by atoms with E-state index in [0.29, 0.717) is 6.42 Å². The van der Waals surface area contributed by atoms with Crippen LogP contribution < -0.4 is 0 Å². The zero-order valence-electron chi connectivity index (χ0n) is 14.1. The van der Waals surface area contributed by atoms with Gasteiger partial charge in [0.25, 0.3) is 0 Å². The molecular weight excluding hydrogens is 260 g/mol. The highest BCUT2D eigenvalue weighted by molar-refractivity contribution is 5.68. The molecule has 2 nitrogen and oxygen atoms in total. The second-order valence-corrected chi connectivity index (χ2v) is 5.56. The highest BCUT2D eigenvalue weighted by Crippen LogP contribution is 2.08. The van der Waals surface area contributed by atoms with E-state index in [1.165, 1.54) is 58.5 Å². The lowest BCUT2D eigenvalue weighted by molar-refractivity contribution is -0.140. The van der Waals surface area contributed by atoms with Crippen LogP contribution in [-0.4, -0.2) is 13.1 Å². The van der Waals surface area contributed by atoms with Crippen molar-refractivity contribution < 1.29 is 9.53 Å². The zero-order valence-corrected chi connectivity index (χ0v) is 14.1. The SMILES string of the molecule is CCCCCC=CCC=CCCCCCCCC(=O)OC. The molecule has 0 fully saturated rings.